The van der Waals surface area contributed by atoms with E-state index in [1.54, 1.807) is 0 Å². The van der Waals surface area contributed by atoms with Crippen molar-refractivity contribution in [3.63, 3.8) is 0 Å². The van der Waals surface area contributed by atoms with Crippen LogP contribution in [0, 0.1) is 0 Å². The van der Waals surface area contributed by atoms with E-state index in [-0.39, 0.29) is 0 Å². The van der Waals surface area contributed by atoms with E-state index in [1.165, 1.54) is 6.20 Å². The lowest BCUT2D eigenvalue weighted by atomic mass is 10.1. The molecule has 2 rings (SSSR count). The van der Waals surface area contributed by atoms with Gasteiger partial charge in [0, 0.05) is 12.2 Å². The third kappa shape index (κ3) is 1.43. The zero-order chi connectivity index (χ0) is 10.1. The number of hydrogen-bond donors (Lipinski definition) is 2. The molecule has 4 nitrogen and oxygen atoms in total. The molecule has 0 bridgehead atoms. The molecule has 0 spiro atoms. The zero-order valence-corrected chi connectivity index (χ0v) is 8.08. The molecular formula is C10H13N3O. The van der Waals surface area contributed by atoms with Gasteiger partial charge >= 0.3 is 0 Å². The van der Waals surface area contributed by atoms with Crippen molar-refractivity contribution in [2.45, 2.75) is 25.8 Å². The van der Waals surface area contributed by atoms with E-state index < -0.39 is 5.91 Å². The number of nitrogens with zero attached hydrogens (tertiary/aromatic N) is 1. The summed E-state index contributed by atoms with van der Waals surface area (Å²) in [5.41, 5.74) is 6.75. The van der Waals surface area contributed by atoms with E-state index in [0.29, 0.717) is 11.6 Å². The van der Waals surface area contributed by atoms with Crippen molar-refractivity contribution >= 4 is 11.7 Å². The van der Waals surface area contributed by atoms with Crippen LogP contribution in [-0.2, 0) is 6.42 Å². The van der Waals surface area contributed by atoms with E-state index in [4.69, 9.17) is 5.73 Å². The molecule has 0 aliphatic carbocycles. The summed E-state index contributed by atoms with van der Waals surface area (Å²) in [6.45, 7) is 2.12. The van der Waals surface area contributed by atoms with Crippen LogP contribution in [-0.4, -0.2) is 16.9 Å². The van der Waals surface area contributed by atoms with Gasteiger partial charge in [0.05, 0.1) is 5.56 Å². The van der Waals surface area contributed by atoms with Crippen LogP contribution in [0.2, 0.25) is 0 Å². The summed E-state index contributed by atoms with van der Waals surface area (Å²) >= 11 is 0. The first-order chi connectivity index (χ1) is 6.70. The largest absolute Gasteiger partial charge is 0.367 e. The number of fused-ring (bicyclic) bond motifs is 1. The second-order valence-electron chi connectivity index (χ2n) is 3.55. The Morgan fingerprint density at radius 2 is 2.57 bits per heavy atom. The predicted molar refractivity (Wildman–Crippen MR) is 54.2 cm³/mol. The van der Waals surface area contributed by atoms with Crippen molar-refractivity contribution in [3.05, 3.63) is 23.4 Å². The molecule has 74 valence electrons. The standard InChI is InChI=1S/C10H13N3O/c1-2-8-4-6-3-7(9(11)14)5-12-10(6)13-8/h3,5,8H,2,4H2,1H3,(H2,11,14)(H,12,13). The summed E-state index contributed by atoms with van der Waals surface area (Å²) < 4.78 is 0. The normalized spacial score (nSPS) is 18.8. The van der Waals surface area contributed by atoms with Crippen molar-refractivity contribution in [3.8, 4) is 0 Å². The SMILES string of the molecule is CCC1Cc2cc(C(N)=O)cnc2N1. The molecule has 0 aromatic carbocycles. The number of nitrogens with two attached hydrogens (primary N) is 1. The summed E-state index contributed by atoms with van der Waals surface area (Å²) in [5, 5.41) is 3.29. The fourth-order valence-corrected chi connectivity index (χ4v) is 1.69. The van der Waals surface area contributed by atoms with Gasteiger partial charge in [-0.3, -0.25) is 4.79 Å². The molecule has 0 radical (unpaired) electrons. The van der Waals surface area contributed by atoms with E-state index in [9.17, 15) is 4.79 Å². The van der Waals surface area contributed by atoms with Gasteiger partial charge in [0.1, 0.15) is 5.82 Å². The fraction of sp³-hybridized carbons (Fsp3) is 0.400. The fourth-order valence-electron chi connectivity index (χ4n) is 1.69. The molecule has 1 aromatic heterocycles. The first-order valence-corrected chi connectivity index (χ1v) is 4.76. The number of nitrogens with one attached hydrogen (secondary N) is 1. The molecule has 0 saturated heterocycles. The van der Waals surface area contributed by atoms with Gasteiger partial charge < -0.3 is 11.1 Å². The number of anilines is 1. The zero-order valence-electron chi connectivity index (χ0n) is 8.08. The average molecular weight is 191 g/mol. The van der Waals surface area contributed by atoms with Gasteiger partial charge in [0.15, 0.2) is 0 Å². The highest BCUT2D eigenvalue weighted by Crippen LogP contribution is 2.25. The first kappa shape index (κ1) is 8.99. The number of aromatic nitrogens is 1. The maximum atomic E-state index is 10.9. The summed E-state index contributed by atoms with van der Waals surface area (Å²) in [6.07, 6.45) is 3.51. The molecular weight excluding hydrogens is 178 g/mol. The molecule has 14 heavy (non-hydrogen) atoms. The number of amides is 1. The van der Waals surface area contributed by atoms with E-state index >= 15 is 0 Å². The third-order valence-corrected chi connectivity index (χ3v) is 2.55. The monoisotopic (exact) mass is 191 g/mol. The minimum atomic E-state index is -0.416. The Morgan fingerprint density at radius 3 is 3.21 bits per heavy atom. The molecule has 1 aromatic rings. The van der Waals surface area contributed by atoms with Crippen LogP contribution in [0.3, 0.4) is 0 Å². The van der Waals surface area contributed by atoms with Gasteiger partial charge in [-0.05, 0) is 24.5 Å². The highest BCUT2D eigenvalue weighted by Gasteiger charge is 2.20. The topological polar surface area (TPSA) is 68.0 Å². The van der Waals surface area contributed by atoms with Gasteiger partial charge in [-0.1, -0.05) is 6.92 Å². The lowest BCUT2D eigenvalue weighted by molar-refractivity contribution is 0.1000. The Hall–Kier alpha value is -1.58. The Bertz CT molecular complexity index is 376. The van der Waals surface area contributed by atoms with Gasteiger partial charge in [0.2, 0.25) is 5.91 Å². The van der Waals surface area contributed by atoms with E-state index in [1.807, 2.05) is 6.07 Å². The third-order valence-electron chi connectivity index (χ3n) is 2.55. The second kappa shape index (κ2) is 3.29. The first-order valence-electron chi connectivity index (χ1n) is 4.76. The molecule has 1 aliphatic rings. The number of carbonyl (C=O) groups excluding carboxylic acids is 1. The maximum Gasteiger partial charge on any atom is 0.250 e. The van der Waals surface area contributed by atoms with Crippen LogP contribution in [0.1, 0.15) is 29.3 Å². The summed E-state index contributed by atoms with van der Waals surface area (Å²) in [5.74, 6) is 0.474. The van der Waals surface area contributed by atoms with Crippen molar-refractivity contribution in [1.29, 1.82) is 0 Å². The Labute approximate surface area is 82.5 Å². The van der Waals surface area contributed by atoms with Crippen molar-refractivity contribution in [1.82, 2.24) is 4.98 Å². The van der Waals surface area contributed by atoms with E-state index in [2.05, 4.69) is 17.2 Å². The van der Waals surface area contributed by atoms with Crippen LogP contribution in [0.15, 0.2) is 12.3 Å². The molecule has 1 atom stereocenters. The molecule has 1 aliphatic heterocycles. The molecule has 1 amide bonds. The lowest BCUT2D eigenvalue weighted by Gasteiger charge is -2.04. The van der Waals surface area contributed by atoms with Gasteiger partial charge in [-0.2, -0.15) is 0 Å². The minimum Gasteiger partial charge on any atom is -0.367 e. The van der Waals surface area contributed by atoms with Crippen LogP contribution in [0.25, 0.3) is 0 Å². The van der Waals surface area contributed by atoms with Crippen LogP contribution in [0.4, 0.5) is 5.82 Å². The Morgan fingerprint density at radius 1 is 1.79 bits per heavy atom. The number of pyridine rings is 1. The smallest absolute Gasteiger partial charge is 0.250 e. The van der Waals surface area contributed by atoms with Crippen molar-refractivity contribution in [2.75, 3.05) is 5.32 Å². The summed E-state index contributed by atoms with van der Waals surface area (Å²) in [6, 6.07) is 2.27. The maximum absolute atomic E-state index is 10.9. The minimum absolute atomic E-state index is 0.416. The van der Waals surface area contributed by atoms with Crippen LogP contribution in [0.5, 0.6) is 0 Å². The summed E-state index contributed by atoms with van der Waals surface area (Å²) in [7, 11) is 0. The second-order valence-corrected chi connectivity index (χ2v) is 3.55. The van der Waals surface area contributed by atoms with Crippen molar-refractivity contribution in [2.24, 2.45) is 5.73 Å². The van der Waals surface area contributed by atoms with Crippen molar-refractivity contribution < 1.29 is 4.79 Å². The Kier molecular flexibility index (Phi) is 2.11. The highest BCUT2D eigenvalue weighted by atomic mass is 16.1. The van der Waals surface area contributed by atoms with Gasteiger partial charge in [-0.15, -0.1) is 0 Å². The number of hydrogen-bond acceptors (Lipinski definition) is 3. The molecule has 0 fully saturated rings. The highest BCUT2D eigenvalue weighted by molar-refractivity contribution is 5.93. The molecule has 2 heterocycles. The number of rotatable bonds is 2. The van der Waals surface area contributed by atoms with Gasteiger partial charge in [0.25, 0.3) is 0 Å². The lowest BCUT2D eigenvalue weighted by Crippen LogP contribution is -2.13. The average Bonchev–Trinajstić information content (AvgIpc) is 2.58. The number of primary amides is 1. The quantitative estimate of drug-likeness (QED) is 0.730. The molecule has 1 unspecified atom stereocenters. The van der Waals surface area contributed by atoms with Crippen LogP contribution < -0.4 is 11.1 Å². The van der Waals surface area contributed by atoms with E-state index in [0.717, 1.165) is 24.2 Å². The van der Waals surface area contributed by atoms with Crippen LogP contribution >= 0.6 is 0 Å². The summed E-state index contributed by atoms with van der Waals surface area (Å²) in [4.78, 5) is 15.1. The Balaban J connectivity index is 2.31. The molecule has 3 N–H and O–H groups in total. The molecule has 0 saturated carbocycles. The molecule has 4 heteroatoms. The number of carbonyl (C=O) groups is 1. The predicted octanol–water partition coefficient (Wildman–Crippen LogP) is 0.927. The van der Waals surface area contributed by atoms with Gasteiger partial charge in [-0.25, -0.2) is 4.98 Å².